The van der Waals surface area contributed by atoms with E-state index in [1.807, 2.05) is 19.1 Å². The van der Waals surface area contributed by atoms with E-state index in [4.69, 9.17) is 4.74 Å². The molecule has 29 heavy (non-hydrogen) atoms. The molecule has 1 saturated heterocycles. The second kappa shape index (κ2) is 11.7. The van der Waals surface area contributed by atoms with Crippen LogP contribution in [0.3, 0.4) is 0 Å². The summed E-state index contributed by atoms with van der Waals surface area (Å²) < 4.78 is 32.8. The van der Waals surface area contributed by atoms with Gasteiger partial charge in [0.05, 0.1) is 17.9 Å². The summed E-state index contributed by atoms with van der Waals surface area (Å²) in [5.74, 6) is -0.261. The highest BCUT2D eigenvalue weighted by atomic mass is 32.2. The standard InChI is InChI=1S/C22H36N2O4S/c1-4-6-7-8-9-14-23-15-16-24(18-20(23)17-22(25)28-5-2)29(26,27)21-12-10-19(3)11-13-21/h10-13,20H,4-9,14-18H2,1-3H3. The van der Waals surface area contributed by atoms with Crippen molar-refractivity contribution in [1.82, 2.24) is 9.21 Å². The second-order valence-electron chi connectivity index (χ2n) is 7.79. The van der Waals surface area contributed by atoms with Crippen molar-refractivity contribution in [3.8, 4) is 0 Å². The molecule has 0 amide bonds. The molecule has 1 aliphatic heterocycles. The zero-order valence-electron chi connectivity index (χ0n) is 18.1. The molecule has 1 aromatic carbocycles. The summed E-state index contributed by atoms with van der Waals surface area (Å²) in [5, 5.41) is 0. The number of hydrogen-bond donors (Lipinski definition) is 0. The maximum atomic E-state index is 13.1. The fourth-order valence-electron chi connectivity index (χ4n) is 3.76. The smallest absolute Gasteiger partial charge is 0.307 e. The van der Waals surface area contributed by atoms with E-state index in [0.29, 0.717) is 31.1 Å². The van der Waals surface area contributed by atoms with Gasteiger partial charge in [-0.1, -0.05) is 50.3 Å². The second-order valence-corrected chi connectivity index (χ2v) is 9.73. The molecule has 0 spiro atoms. The average molecular weight is 425 g/mol. The summed E-state index contributed by atoms with van der Waals surface area (Å²) in [6.07, 6.45) is 6.14. The van der Waals surface area contributed by atoms with Crippen LogP contribution >= 0.6 is 0 Å². The number of hydrogen-bond acceptors (Lipinski definition) is 5. The first-order valence-corrected chi connectivity index (χ1v) is 12.3. The largest absolute Gasteiger partial charge is 0.466 e. The van der Waals surface area contributed by atoms with Gasteiger partial charge in [0, 0.05) is 25.7 Å². The van der Waals surface area contributed by atoms with Gasteiger partial charge < -0.3 is 4.74 Å². The molecule has 0 radical (unpaired) electrons. The number of carbonyl (C=O) groups is 1. The van der Waals surface area contributed by atoms with Crippen LogP contribution in [0.5, 0.6) is 0 Å². The molecule has 0 aromatic heterocycles. The molecule has 0 bridgehead atoms. The van der Waals surface area contributed by atoms with Gasteiger partial charge in [0.2, 0.25) is 10.0 Å². The first kappa shape index (κ1) is 23.8. The lowest BCUT2D eigenvalue weighted by atomic mass is 10.1. The molecule has 1 fully saturated rings. The Morgan fingerprint density at radius 3 is 2.41 bits per heavy atom. The third-order valence-corrected chi connectivity index (χ3v) is 7.36. The van der Waals surface area contributed by atoms with E-state index < -0.39 is 10.0 Å². The summed E-state index contributed by atoms with van der Waals surface area (Å²) >= 11 is 0. The van der Waals surface area contributed by atoms with Gasteiger partial charge >= 0.3 is 5.97 Å². The number of sulfonamides is 1. The number of aryl methyl sites for hydroxylation is 1. The summed E-state index contributed by atoms with van der Waals surface area (Å²) in [7, 11) is -3.56. The fourth-order valence-corrected chi connectivity index (χ4v) is 5.23. The molecule has 0 aliphatic carbocycles. The molecule has 1 aromatic rings. The van der Waals surface area contributed by atoms with E-state index in [9.17, 15) is 13.2 Å². The maximum Gasteiger partial charge on any atom is 0.307 e. The van der Waals surface area contributed by atoms with Crippen LogP contribution in [0.25, 0.3) is 0 Å². The third kappa shape index (κ3) is 7.08. The minimum atomic E-state index is -3.56. The highest BCUT2D eigenvalue weighted by Crippen LogP contribution is 2.22. The van der Waals surface area contributed by atoms with Crippen molar-refractivity contribution in [2.75, 3.05) is 32.8 Å². The van der Waals surface area contributed by atoms with Gasteiger partial charge in [0.15, 0.2) is 0 Å². The van der Waals surface area contributed by atoms with Gasteiger partial charge in [-0.25, -0.2) is 8.42 Å². The van der Waals surface area contributed by atoms with Crippen LogP contribution in [0, 0.1) is 6.92 Å². The van der Waals surface area contributed by atoms with Crippen molar-refractivity contribution in [3.63, 3.8) is 0 Å². The van der Waals surface area contributed by atoms with E-state index >= 15 is 0 Å². The number of piperazine rings is 1. The van der Waals surface area contributed by atoms with Crippen LogP contribution in [-0.4, -0.2) is 62.4 Å². The van der Waals surface area contributed by atoms with Crippen LogP contribution in [0.15, 0.2) is 29.2 Å². The molecule has 6 nitrogen and oxygen atoms in total. The Balaban J connectivity index is 2.06. The SMILES string of the molecule is CCCCCCCN1CCN(S(=O)(=O)c2ccc(C)cc2)CC1CC(=O)OCC. The van der Waals surface area contributed by atoms with Crippen LogP contribution in [0.4, 0.5) is 0 Å². The van der Waals surface area contributed by atoms with Gasteiger partial charge in [0.25, 0.3) is 0 Å². The predicted molar refractivity (Wildman–Crippen MR) is 115 cm³/mol. The van der Waals surface area contributed by atoms with Gasteiger partial charge in [0.1, 0.15) is 0 Å². The minimum absolute atomic E-state index is 0.144. The van der Waals surface area contributed by atoms with Crippen molar-refractivity contribution in [2.24, 2.45) is 0 Å². The summed E-state index contributed by atoms with van der Waals surface area (Å²) in [6.45, 7) is 8.57. The average Bonchev–Trinajstić information content (AvgIpc) is 2.69. The number of nitrogens with zero attached hydrogens (tertiary/aromatic N) is 2. The monoisotopic (exact) mass is 424 g/mol. The Hall–Kier alpha value is -1.44. The third-order valence-electron chi connectivity index (χ3n) is 5.48. The number of unbranched alkanes of at least 4 members (excludes halogenated alkanes) is 4. The zero-order valence-corrected chi connectivity index (χ0v) is 18.9. The summed E-state index contributed by atoms with van der Waals surface area (Å²) in [5.41, 5.74) is 1.03. The topological polar surface area (TPSA) is 66.9 Å². The van der Waals surface area contributed by atoms with E-state index in [1.54, 1.807) is 19.1 Å². The number of ether oxygens (including phenoxy) is 1. The van der Waals surface area contributed by atoms with E-state index in [2.05, 4.69) is 11.8 Å². The van der Waals surface area contributed by atoms with E-state index in [-0.39, 0.29) is 18.4 Å². The van der Waals surface area contributed by atoms with Crippen LogP contribution in [0.2, 0.25) is 0 Å². The van der Waals surface area contributed by atoms with Gasteiger partial charge in [-0.15, -0.1) is 0 Å². The van der Waals surface area contributed by atoms with E-state index in [0.717, 1.165) is 18.5 Å². The number of esters is 1. The Bertz CT molecular complexity index is 734. The lowest BCUT2D eigenvalue weighted by molar-refractivity contribution is -0.145. The van der Waals surface area contributed by atoms with Crippen molar-refractivity contribution in [1.29, 1.82) is 0 Å². The molecule has 164 valence electrons. The Morgan fingerprint density at radius 1 is 1.07 bits per heavy atom. The molecule has 2 rings (SSSR count). The Morgan fingerprint density at radius 2 is 1.76 bits per heavy atom. The van der Waals surface area contributed by atoms with E-state index in [1.165, 1.54) is 30.0 Å². The molecule has 0 saturated carbocycles. The lowest BCUT2D eigenvalue weighted by Crippen LogP contribution is -2.55. The normalized spacial score (nSPS) is 18.7. The molecule has 1 aliphatic rings. The molecular formula is C22H36N2O4S. The highest BCUT2D eigenvalue weighted by Gasteiger charge is 2.35. The predicted octanol–water partition coefficient (Wildman–Crippen LogP) is 3.59. The first-order valence-electron chi connectivity index (χ1n) is 10.8. The fraction of sp³-hybridized carbons (Fsp3) is 0.682. The zero-order chi connectivity index (χ0) is 21.3. The van der Waals surface area contributed by atoms with Crippen LogP contribution < -0.4 is 0 Å². The molecule has 1 heterocycles. The quantitative estimate of drug-likeness (QED) is 0.401. The van der Waals surface area contributed by atoms with Crippen molar-refractivity contribution in [2.45, 2.75) is 70.2 Å². The van der Waals surface area contributed by atoms with Crippen molar-refractivity contribution < 1.29 is 17.9 Å². The Labute approximate surface area is 176 Å². The maximum absolute atomic E-state index is 13.1. The van der Waals surface area contributed by atoms with Crippen LogP contribution in [-0.2, 0) is 19.6 Å². The Kier molecular flexibility index (Phi) is 9.59. The van der Waals surface area contributed by atoms with Crippen LogP contribution in [0.1, 0.15) is 57.9 Å². The molecule has 1 unspecified atom stereocenters. The van der Waals surface area contributed by atoms with Crippen molar-refractivity contribution in [3.05, 3.63) is 29.8 Å². The van der Waals surface area contributed by atoms with Crippen molar-refractivity contribution >= 4 is 16.0 Å². The molecular weight excluding hydrogens is 388 g/mol. The molecule has 0 N–H and O–H groups in total. The number of carbonyl (C=O) groups excluding carboxylic acids is 1. The lowest BCUT2D eigenvalue weighted by Gasteiger charge is -2.40. The summed E-state index contributed by atoms with van der Waals surface area (Å²) in [6, 6.07) is 6.80. The number of benzene rings is 1. The van der Waals surface area contributed by atoms with Gasteiger partial charge in [-0.3, -0.25) is 9.69 Å². The molecule has 7 heteroatoms. The minimum Gasteiger partial charge on any atom is -0.466 e. The summed E-state index contributed by atoms with van der Waals surface area (Å²) in [4.78, 5) is 14.7. The van der Waals surface area contributed by atoms with Gasteiger partial charge in [-0.05, 0) is 38.9 Å². The highest BCUT2D eigenvalue weighted by molar-refractivity contribution is 7.89. The van der Waals surface area contributed by atoms with Gasteiger partial charge in [-0.2, -0.15) is 4.31 Å². The molecule has 1 atom stereocenters. The number of rotatable bonds is 11. The first-order chi connectivity index (χ1) is 13.9.